The maximum atomic E-state index is 13.1. The molecule has 0 atom stereocenters. The average Bonchev–Trinajstić information content (AvgIpc) is 2.90. The first-order valence-electron chi connectivity index (χ1n) is 6.86. The summed E-state index contributed by atoms with van der Waals surface area (Å²) in [4.78, 5) is 15.3. The van der Waals surface area contributed by atoms with Gasteiger partial charge in [-0.05, 0) is 35.9 Å². The summed E-state index contributed by atoms with van der Waals surface area (Å²) >= 11 is 0. The number of aromatic nitrogens is 1. The first-order chi connectivity index (χ1) is 10.7. The molecule has 0 fully saturated rings. The van der Waals surface area contributed by atoms with Crippen LogP contribution in [0.4, 0.5) is 10.1 Å². The molecule has 0 radical (unpaired) electrons. The van der Waals surface area contributed by atoms with E-state index in [9.17, 15) is 9.18 Å². The molecule has 0 unspecified atom stereocenters. The van der Waals surface area contributed by atoms with Crippen LogP contribution in [0.1, 0.15) is 5.56 Å². The highest BCUT2D eigenvalue weighted by Crippen LogP contribution is 2.28. The number of carbonyl (C=O) groups excluding carboxylic acids is 1. The molecule has 2 aromatic carbocycles. The second-order valence-electron chi connectivity index (χ2n) is 4.93. The number of anilines is 1. The Morgan fingerprint density at radius 2 is 2.09 bits per heavy atom. The van der Waals surface area contributed by atoms with E-state index in [0.717, 1.165) is 16.5 Å². The van der Waals surface area contributed by atoms with Crippen LogP contribution in [0, 0.1) is 5.82 Å². The Bertz CT molecular complexity index is 826. The van der Waals surface area contributed by atoms with E-state index in [1.165, 1.54) is 12.1 Å². The van der Waals surface area contributed by atoms with Gasteiger partial charge in [-0.15, -0.1) is 0 Å². The van der Waals surface area contributed by atoms with Crippen molar-refractivity contribution in [2.24, 2.45) is 0 Å². The van der Waals surface area contributed by atoms with Crippen molar-refractivity contribution in [2.45, 2.75) is 6.42 Å². The minimum atomic E-state index is -0.383. The number of carbonyl (C=O) groups is 1. The summed E-state index contributed by atoms with van der Waals surface area (Å²) < 4.78 is 18.5. The number of hydrogen-bond donors (Lipinski definition) is 2. The third-order valence-corrected chi connectivity index (χ3v) is 3.43. The molecule has 3 rings (SSSR count). The fourth-order valence-electron chi connectivity index (χ4n) is 2.47. The molecule has 112 valence electrons. The molecule has 3 aromatic rings. The second-order valence-corrected chi connectivity index (χ2v) is 4.93. The molecule has 0 aliphatic heterocycles. The predicted molar refractivity (Wildman–Crippen MR) is 83.6 cm³/mol. The lowest BCUT2D eigenvalue weighted by molar-refractivity contribution is -0.115. The third kappa shape index (κ3) is 2.79. The van der Waals surface area contributed by atoms with Gasteiger partial charge < -0.3 is 15.0 Å². The molecule has 1 heterocycles. The molecule has 0 saturated carbocycles. The van der Waals surface area contributed by atoms with Gasteiger partial charge in [-0.3, -0.25) is 4.79 Å². The van der Waals surface area contributed by atoms with Crippen LogP contribution in [0.5, 0.6) is 5.75 Å². The maximum absolute atomic E-state index is 13.1. The lowest BCUT2D eigenvalue weighted by Gasteiger charge is -2.06. The van der Waals surface area contributed by atoms with Crippen LogP contribution in [0.15, 0.2) is 48.7 Å². The van der Waals surface area contributed by atoms with Crippen molar-refractivity contribution in [3.8, 4) is 5.75 Å². The number of amides is 1. The summed E-state index contributed by atoms with van der Waals surface area (Å²) in [6.07, 6.45) is 1.97. The van der Waals surface area contributed by atoms with Crippen molar-refractivity contribution in [1.82, 2.24) is 4.98 Å². The molecule has 0 saturated heterocycles. The third-order valence-electron chi connectivity index (χ3n) is 3.43. The topological polar surface area (TPSA) is 54.1 Å². The number of benzene rings is 2. The normalized spacial score (nSPS) is 10.6. The fraction of sp³-hybridized carbons (Fsp3) is 0.118. The minimum Gasteiger partial charge on any atom is -0.496 e. The zero-order chi connectivity index (χ0) is 15.5. The van der Waals surface area contributed by atoms with Gasteiger partial charge in [0.1, 0.15) is 11.6 Å². The summed E-state index contributed by atoms with van der Waals surface area (Å²) in [6, 6.07) is 11.5. The van der Waals surface area contributed by atoms with E-state index in [1.807, 2.05) is 18.2 Å². The molecule has 0 aliphatic carbocycles. The number of rotatable bonds is 4. The highest BCUT2D eigenvalue weighted by molar-refractivity contribution is 5.97. The number of ether oxygens (including phenoxy) is 1. The monoisotopic (exact) mass is 298 g/mol. The molecule has 22 heavy (non-hydrogen) atoms. The van der Waals surface area contributed by atoms with E-state index >= 15 is 0 Å². The molecule has 5 heteroatoms. The highest BCUT2D eigenvalue weighted by atomic mass is 19.1. The van der Waals surface area contributed by atoms with Crippen molar-refractivity contribution in [1.29, 1.82) is 0 Å². The van der Waals surface area contributed by atoms with Crippen LogP contribution in [-0.2, 0) is 11.2 Å². The van der Waals surface area contributed by atoms with Crippen molar-refractivity contribution in [3.63, 3.8) is 0 Å². The predicted octanol–water partition coefficient (Wildman–Crippen LogP) is 3.50. The number of halogens is 1. The summed E-state index contributed by atoms with van der Waals surface area (Å²) in [7, 11) is 1.60. The van der Waals surface area contributed by atoms with Gasteiger partial charge in [0.25, 0.3) is 0 Å². The zero-order valence-electron chi connectivity index (χ0n) is 12.0. The van der Waals surface area contributed by atoms with Crippen LogP contribution in [0.3, 0.4) is 0 Å². The van der Waals surface area contributed by atoms with E-state index in [0.29, 0.717) is 11.4 Å². The average molecular weight is 298 g/mol. The maximum Gasteiger partial charge on any atom is 0.228 e. The molecule has 0 spiro atoms. The lowest BCUT2D eigenvalue weighted by atomic mass is 10.1. The van der Waals surface area contributed by atoms with Gasteiger partial charge in [0.2, 0.25) is 5.91 Å². The van der Waals surface area contributed by atoms with E-state index in [2.05, 4.69) is 10.3 Å². The van der Waals surface area contributed by atoms with E-state index in [-0.39, 0.29) is 18.1 Å². The van der Waals surface area contributed by atoms with Gasteiger partial charge in [-0.1, -0.05) is 12.1 Å². The molecule has 0 bridgehead atoms. The van der Waals surface area contributed by atoms with Crippen LogP contribution in [0.25, 0.3) is 10.9 Å². The van der Waals surface area contributed by atoms with E-state index in [4.69, 9.17) is 4.74 Å². The number of nitrogens with one attached hydrogen (secondary N) is 2. The summed E-state index contributed by atoms with van der Waals surface area (Å²) in [6.45, 7) is 0. The molecule has 1 aromatic heterocycles. The molecular weight excluding hydrogens is 283 g/mol. The van der Waals surface area contributed by atoms with Crippen molar-refractivity contribution in [2.75, 3.05) is 12.4 Å². The standard InChI is InChI=1S/C17H15FN2O2/c1-22-15-7-3-6-14-17(15)11(10-19-14)8-16(21)20-13-5-2-4-12(18)9-13/h2-7,9-10,19H,8H2,1H3,(H,20,21). The van der Waals surface area contributed by atoms with Gasteiger partial charge in [0.15, 0.2) is 0 Å². The van der Waals surface area contributed by atoms with Crippen molar-refractivity contribution >= 4 is 22.5 Å². The number of hydrogen-bond acceptors (Lipinski definition) is 2. The van der Waals surface area contributed by atoms with Crippen molar-refractivity contribution in [3.05, 3.63) is 60.0 Å². The smallest absolute Gasteiger partial charge is 0.228 e. The molecule has 1 amide bonds. The van der Waals surface area contributed by atoms with E-state index < -0.39 is 0 Å². The van der Waals surface area contributed by atoms with Gasteiger partial charge in [0.05, 0.1) is 13.5 Å². The Kier molecular flexibility index (Phi) is 3.78. The number of methoxy groups -OCH3 is 1. The molecule has 0 aliphatic rings. The fourth-order valence-corrected chi connectivity index (χ4v) is 2.47. The zero-order valence-corrected chi connectivity index (χ0v) is 12.0. The minimum absolute atomic E-state index is 0.177. The Balaban J connectivity index is 1.82. The second kappa shape index (κ2) is 5.89. The summed E-state index contributed by atoms with van der Waals surface area (Å²) in [5.41, 5.74) is 2.19. The van der Waals surface area contributed by atoms with Crippen LogP contribution < -0.4 is 10.1 Å². The Morgan fingerprint density at radius 1 is 1.27 bits per heavy atom. The van der Waals surface area contributed by atoms with Gasteiger partial charge in [0, 0.05) is 22.8 Å². The summed E-state index contributed by atoms with van der Waals surface area (Å²) in [5.74, 6) is 0.122. The highest BCUT2D eigenvalue weighted by Gasteiger charge is 2.12. The van der Waals surface area contributed by atoms with Gasteiger partial charge in [-0.2, -0.15) is 0 Å². The molecule has 2 N–H and O–H groups in total. The first kappa shape index (κ1) is 14.1. The van der Waals surface area contributed by atoms with Crippen LogP contribution in [-0.4, -0.2) is 18.0 Å². The van der Waals surface area contributed by atoms with Crippen LogP contribution >= 0.6 is 0 Å². The number of aromatic amines is 1. The van der Waals surface area contributed by atoms with Gasteiger partial charge >= 0.3 is 0 Å². The van der Waals surface area contributed by atoms with Crippen LogP contribution in [0.2, 0.25) is 0 Å². The quantitative estimate of drug-likeness (QED) is 0.774. The lowest BCUT2D eigenvalue weighted by Crippen LogP contribution is -2.14. The molecule has 4 nitrogen and oxygen atoms in total. The first-order valence-corrected chi connectivity index (χ1v) is 6.86. The van der Waals surface area contributed by atoms with Gasteiger partial charge in [-0.25, -0.2) is 4.39 Å². The Morgan fingerprint density at radius 3 is 2.86 bits per heavy atom. The largest absolute Gasteiger partial charge is 0.496 e. The summed E-state index contributed by atoms with van der Waals surface area (Å²) in [5, 5.41) is 3.58. The SMILES string of the molecule is COc1cccc2[nH]cc(CC(=O)Nc3cccc(F)c3)c12. The van der Waals surface area contributed by atoms with E-state index in [1.54, 1.807) is 25.4 Å². The Labute approximate surface area is 126 Å². The van der Waals surface area contributed by atoms with Crippen molar-refractivity contribution < 1.29 is 13.9 Å². The Hall–Kier alpha value is -2.82. The molecular formula is C17H15FN2O2. The number of fused-ring (bicyclic) bond motifs is 1. The number of H-pyrrole nitrogens is 1.